The van der Waals surface area contributed by atoms with Gasteiger partial charge in [-0.05, 0) is 36.0 Å². The Morgan fingerprint density at radius 2 is 1.88 bits per heavy atom. The number of hydrogen-bond acceptors (Lipinski definition) is 1. The minimum Gasteiger partial charge on any atom is -0.392 e. The average molecular weight is 239 g/mol. The fourth-order valence-corrected chi connectivity index (χ4v) is 3.36. The van der Waals surface area contributed by atoms with Gasteiger partial charge in [-0.2, -0.15) is 0 Å². The molecule has 1 N–H and O–H groups in total. The monoisotopic (exact) mass is 238 g/mol. The third-order valence-corrected chi connectivity index (χ3v) is 4.65. The maximum Gasteiger partial charge on any atom is 0.0631 e. The third-order valence-electron chi connectivity index (χ3n) is 4.40. The molecule has 0 bridgehead atoms. The highest BCUT2D eigenvalue weighted by atomic mass is 35.5. The SMILES string of the molecule is CCC1(C)C(O)C(C)C1c1ccc(Cl)cc1. The molecule has 0 spiro atoms. The molecule has 2 heteroatoms. The predicted octanol–water partition coefficient (Wildman–Crippen LogP) is 3.85. The van der Waals surface area contributed by atoms with Crippen molar-refractivity contribution in [2.24, 2.45) is 11.3 Å². The summed E-state index contributed by atoms with van der Waals surface area (Å²) >= 11 is 5.90. The summed E-state index contributed by atoms with van der Waals surface area (Å²) < 4.78 is 0. The third kappa shape index (κ3) is 1.57. The van der Waals surface area contributed by atoms with Gasteiger partial charge in [0.25, 0.3) is 0 Å². The second kappa shape index (κ2) is 4.05. The van der Waals surface area contributed by atoms with Crippen LogP contribution in [0.1, 0.15) is 38.7 Å². The van der Waals surface area contributed by atoms with Crippen molar-refractivity contribution in [3.63, 3.8) is 0 Å². The van der Waals surface area contributed by atoms with E-state index in [-0.39, 0.29) is 11.5 Å². The number of aliphatic hydroxyl groups excluding tert-OH is 1. The Kier molecular flexibility index (Phi) is 3.02. The van der Waals surface area contributed by atoms with E-state index < -0.39 is 0 Å². The summed E-state index contributed by atoms with van der Waals surface area (Å²) in [4.78, 5) is 0. The molecule has 0 aliphatic heterocycles. The number of halogens is 1. The zero-order chi connectivity index (χ0) is 11.9. The molecule has 1 aliphatic rings. The molecule has 1 saturated carbocycles. The first-order chi connectivity index (χ1) is 7.50. The van der Waals surface area contributed by atoms with E-state index in [1.807, 2.05) is 12.1 Å². The van der Waals surface area contributed by atoms with Crippen molar-refractivity contribution < 1.29 is 5.11 Å². The molecule has 0 amide bonds. The molecule has 1 aromatic rings. The van der Waals surface area contributed by atoms with Crippen molar-refractivity contribution in [3.05, 3.63) is 34.9 Å². The lowest BCUT2D eigenvalue weighted by Crippen LogP contribution is -2.56. The highest BCUT2D eigenvalue weighted by Gasteiger charge is 2.55. The molecule has 1 aromatic carbocycles. The topological polar surface area (TPSA) is 20.2 Å². The second-order valence-corrected chi connectivity index (χ2v) is 5.63. The summed E-state index contributed by atoms with van der Waals surface area (Å²) in [5.41, 5.74) is 1.32. The lowest BCUT2D eigenvalue weighted by molar-refractivity contribution is -0.129. The molecule has 0 aromatic heterocycles. The molecule has 1 fully saturated rings. The Hall–Kier alpha value is -0.530. The Labute approximate surface area is 102 Å². The van der Waals surface area contributed by atoms with Crippen molar-refractivity contribution in [3.8, 4) is 0 Å². The van der Waals surface area contributed by atoms with Crippen LogP contribution in [0.4, 0.5) is 0 Å². The first-order valence-electron chi connectivity index (χ1n) is 5.94. The van der Waals surface area contributed by atoms with Crippen LogP contribution in [-0.2, 0) is 0 Å². The van der Waals surface area contributed by atoms with E-state index in [1.54, 1.807) is 0 Å². The molecule has 1 aliphatic carbocycles. The van der Waals surface area contributed by atoms with Crippen LogP contribution in [0.25, 0.3) is 0 Å². The van der Waals surface area contributed by atoms with Crippen molar-refractivity contribution in [1.82, 2.24) is 0 Å². The minimum atomic E-state index is -0.182. The van der Waals surface area contributed by atoms with Gasteiger partial charge in [-0.15, -0.1) is 0 Å². The smallest absolute Gasteiger partial charge is 0.0631 e. The summed E-state index contributed by atoms with van der Waals surface area (Å²) in [6.07, 6.45) is 0.824. The largest absolute Gasteiger partial charge is 0.392 e. The first-order valence-corrected chi connectivity index (χ1v) is 6.32. The van der Waals surface area contributed by atoms with Crippen LogP contribution in [0.3, 0.4) is 0 Å². The van der Waals surface area contributed by atoms with Gasteiger partial charge in [0.2, 0.25) is 0 Å². The summed E-state index contributed by atoms with van der Waals surface area (Å²) in [5.74, 6) is 0.788. The van der Waals surface area contributed by atoms with Crippen molar-refractivity contribution in [1.29, 1.82) is 0 Å². The lowest BCUT2D eigenvalue weighted by atomic mass is 9.50. The Bertz CT molecular complexity index is 373. The number of benzene rings is 1. The molecule has 1 nitrogen and oxygen atoms in total. The maximum absolute atomic E-state index is 10.1. The van der Waals surface area contributed by atoms with Gasteiger partial charge in [-0.3, -0.25) is 0 Å². The van der Waals surface area contributed by atoms with Gasteiger partial charge in [-0.1, -0.05) is 44.5 Å². The lowest BCUT2D eigenvalue weighted by Gasteiger charge is -2.57. The van der Waals surface area contributed by atoms with Crippen LogP contribution in [0.5, 0.6) is 0 Å². The van der Waals surface area contributed by atoms with Crippen molar-refractivity contribution in [2.75, 3.05) is 0 Å². The number of rotatable bonds is 2. The Morgan fingerprint density at radius 3 is 2.38 bits per heavy atom. The fourth-order valence-electron chi connectivity index (χ4n) is 3.23. The van der Waals surface area contributed by atoms with Crippen LogP contribution in [0.2, 0.25) is 5.02 Å². The summed E-state index contributed by atoms with van der Waals surface area (Å²) in [6, 6.07) is 8.04. The van der Waals surface area contributed by atoms with Crippen molar-refractivity contribution >= 4 is 11.6 Å². The van der Waals surface area contributed by atoms with Gasteiger partial charge in [0.15, 0.2) is 0 Å². The van der Waals surface area contributed by atoms with Crippen molar-refractivity contribution in [2.45, 2.75) is 39.2 Å². The first kappa shape index (κ1) is 11.9. The zero-order valence-electron chi connectivity index (χ0n) is 10.1. The molecule has 0 saturated heterocycles. The minimum absolute atomic E-state index is 0.0211. The molecule has 0 heterocycles. The predicted molar refractivity (Wildman–Crippen MR) is 67.8 cm³/mol. The van der Waals surface area contributed by atoms with E-state index in [1.165, 1.54) is 5.56 Å². The molecule has 16 heavy (non-hydrogen) atoms. The van der Waals surface area contributed by atoms with E-state index in [9.17, 15) is 5.11 Å². The zero-order valence-corrected chi connectivity index (χ0v) is 10.8. The van der Waals surface area contributed by atoms with Gasteiger partial charge < -0.3 is 5.11 Å². The van der Waals surface area contributed by atoms with E-state index in [2.05, 4.69) is 32.9 Å². The van der Waals surface area contributed by atoms with Crippen LogP contribution in [0, 0.1) is 11.3 Å². The summed E-state index contributed by atoms with van der Waals surface area (Å²) in [7, 11) is 0. The molecule has 2 rings (SSSR count). The highest BCUT2D eigenvalue weighted by Crippen LogP contribution is 2.58. The number of aliphatic hydroxyl groups is 1. The highest BCUT2D eigenvalue weighted by molar-refractivity contribution is 6.30. The Balaban J connectivity index is 2.30. The van der Waals surface area contributed by atoms with Gasteiger partial charge in [-0.25, -0.2) is 0 Å². The van der Waals surface area contributed by atoms with Gasteiger partial charge in [0.1, 0.15) is 0 Å². The standard InChI is InChI=1S/C14H19ClO/c1-4-14(3)12(9(2)13(14)16)10-5-7-11(15)8-6-10/h5-9,12-13,16H,4H2,1-3H3. The van der Waals surface area contributed by atoms with Gasteiger partial charge >= 0.3 is 0 Å². The molecule has 4 unspecified atom stereocenters. The second-order valence-electron chi connectivity index (χ2n) is 5.19. The summed E-state index contributed by atoms with van der Waals surface area (Å²) in [6.45, 7) is 6.45. The average Bonchev–Trinajstić information content (AvgIpc) is 2.31. The van der Waals surface area contributed by atoms with Crippen LogP contribution in [0.15, 0.2) is 24.3 Å². The fraction of sp³-hybridized carbons (Fsp3) is 0.571. The van der Waals surface area contributed by atoms with Gasteiger partial charge in [0.05, 0.1) is 6.10 Å². The van der Waals surface area contributed by atoms with E-state index in [0.29, 0.717) is 11.8 Å². The molecular formula is C14H19ClO. The van der Waals surface area contributed by atoms with E-state index in [4.69, 9.17) is 11.6 Å². The van der Waals surface area contributed by atoms with Crippen LogP contribution >= 0.6 is 11.6 Å². The molecular weight excluding hydrogens is 220 g/mol. The molecule has 88 valence electrons. The van der Waals surface area contributed by atoms with E-state index >= 15 is 0 Å². The molecule has 0 radical (unpaired) electrons. The van der Waals surface area contributed by atoms with E-state index in [0.717, 1.165) is 11.4 Å². The Morgan fingerprint density at radius 1 is 1.31 bits per heavy atom. The van der Waals surface area contributed by atoms with Crippen LogP contribution in [-0.4, -0.2) is 11.2 Å². The normalized spacial score (nSPS) is 38.2. The molecule has 4 atom stereocenters. The quantitative estimate of drug-likeness (QED) is 0.830. The van der Waals surface area contributed by atoms with Gasteiger partial charge in [0, 0.05) is 10.4 Å². The number of hydrogen-bond donors (Lipinski definition) is 1. The summed E-state index contributed by atoms with van der Waals surface area (Å²) in [5, 5.41) is 10.9. The maximum atomic E-state index is 10.1. The van der Waals surface area contributed by atoms with Crippen LogP contribution < -0.4 is 0 Å².